The minimum atomic E-state index is 0.696. The standard InChI is InChI=1S/C14H17N/c1-15-9-5-8-12-10-13(14(12)15)11-6-3-2-4-7-11/h2-4,6-8,13-14H,5,9-10H2,1H3/t13-,14-/m1/s1. The van der Waals surface area contributed by atoms with E-state index in [-0.39, 0.29) is 0 Å². The van der Waals surface area contributed by atoms with Gasteiger partial charge in [0.25, 0.3) is 0 Å². The molecule has 0 bridgehead atoms. The SMILES string of the molecule is CN1CCC=C2C[C@H](c3ccccc3)[C@@H]21. The number of hydrogen-bond acceptors (Lipinski definition) is 1. The Labute approximate surface area is 91.4 Å². The zero-order chi connectivity index (χ0) is 10.3. The van der Waals surface area contributed by atoms with Gasteiger partial charge in [0.1, 0.15) is 0 Å². The van der Waals surface area contributed by atoms with Gasteiger partial charge >= 0.3 is 0 Å². The molecule has 1 aliphatic carbocycles. The van der Waals surface area contributed by atoms with Gasteiger partial charge < -0.3 is 0 Å². The second-order valence-electron chi connectivity index (χ2n) is 4.71. The van der Waals surface area contributed by atoms with Crippen LogP contribution in [0.25, 0.3) is 0 Å². The normalized spacial score (nSPS) is 30.3. The molecule has 1 aromatic carbocycles. The van der Waals surface area contributed by atoms with Gasteiger partial charge in [0.05, 0.1) is 0 Å². The van der Waals surface area contributed by atoms with Crippen LogP contribution in [-0.4, -0.2) is 24.5 Å². The van der Waals surface area contributed by atoms with Gasteiger partial charge in [-0.3, -0.25) is 4.90 Å². The monoisotopic (exact) mass is 199 g/mol. The fraction of sp³-hybridized carbons (Fsp3) is 0.429. The van der Waals surface area contributed by atoms with E-state index < -0.39 is 0 Å². The molecule has 0 amide bonds. The van der Waals surface area contributed by atoms with Gasteiger partial charge in [-0.15, -0.1) is 0 Å². The van der Waals surface area contributed by atoms with E-state index in [0.717, 1.165) is 5.92 Å². The van der Waals surface area contributed by atoms with E-state index in [1.54, 1.807) is 5.57 Å². The van der Waals surface area contributed by atoms with Gasteiger partial charge in [-0.1, -0.05) is 42.0 Å². The maximum Gasteiger partial charge on any atom is 0.0376 e. The van der Waals surface area contributed by atoms with Crippen molar-refractivity contribution in [1.82, 2.24) is 4.90 Å². The lowest BCUT2D eigenvalue weighted by molar-refractivity contribution is 0.179. The quantitative estimate of drug-likeness (QED) is 0.629. The third kappa shape index (κ3) is 1.42. The summed E-state index contributed by atoms with van der Waals surface area (Å²) in [5.74, 6) is 0.739. The molecule has 0 unspecified atom stereocenters. The number of rotatable bonds is 1. The van der Waals surface area contributed by atoms with Crippen LogP contribution in [0.3, 0.4) is 0 Å². The molecule has 1 heterocycles. The maximum absolute atomic E-state index is 2.51. The van der Waals surface area contributed by atoms with Crippen LogP contribution >= 0.6 is 0 Å². The largest absolute Gasteiger partial charge is 0.299 e. The fourth-order valence-electron chi connectivity index (χ4n) is 2.97. The molecule has 1 saturated carbocycles. The summed E-state index contributed by atoms with van der Waals surface area (Å²) in [6.45, 7) is 1.22. The van der Waals surface area contributed by atoms with Crippen molar-refractivity contribution < 1.29 is 0 Å². The van der Waals surface area contributed by atoms with Crippen molar-refractivity contribution in [2.75, 3.05) is 13.6 Å². The Morgan fingerprint density at radius 1 is 1.20 bits per heavy atom. The first-order chi connectivity index (χ1) is 7.36. The van der Waals surface area contributed by atoms with Gasteiger partial charge in [-0.05, 0) is 25.5 Å². The Bertz CT molecular complexity index is 380. The molecule has 78 valence electrons. The number of likely N-dealkylation sites (N-methyl/N-ethyl adjacent to an activating group) is 1. The summed E-state index contributed by atoms with van der Waals surface area (Å²) < 4.78 is 0. The highest BCUT2D eigenvalue weighted by molar-refractivity contribution is 5.37. The van der Waals surface area contributed by atoms with E-state index in [1.807, 2.05) is 0 Å². The first-order valence-corrected chi connectivity index (χ1v) is 5.80. The van der Waals surface area contributed by atoms with E-state index in [1.165, 1.54) is 24.9 Å². The number of benzene rings is 1. The van der Waals surface area contributed by atoms with Crippen LogP contribution in [0.4, 0.5) is 0 Å². The predicted octanol–water partition coefficient (Wildman–Crippen LogP) is 2.80. The molecule has 0 saturated heterocycles. The number of fused-ring (bicyclic) bond motifs is 1. The molecular weight excluding hydrogens is 182 g/mol. The highest BCUT2D eigenvalue weighted by Gasteiger charge is 2.40. The molecular formula is C14H17N. The maximum atomic E-state index is 2.51. The fourth-order valence-corrected chi connectivity index (χ4v) is 2.97. The van der Waals surface area contributed by atoms with Crippen molar-refractivity contribution in [3.8, 4) is 0 Å². The number of nitrogens with zero attached hydrogens (tertiary/aromatic N) is 1. The van der Waals surface area contributed by atoms with Crippen molar-refractivity contribution >= 4 is 0 Å². The summed E-state index contributed by atoms with van der Waals surface area (Å²) in [5.41, 5.74) is 3.17. The Kier molecular flexibility index (Phi) is 2.14. The molecule has 2 aliphatic rings. The minimum absolute atomic E-state index is 0.696. The van der Waals surface area contributed by atoms with Crippen LogP contribution in [0, 0.1) is 0 Å². The first kappa shape index (κ1) is 9.17. The van der Waals surface area contributed by atoms with Crippen molar-refractivity contribution in [2.24, 2.45) is 0 Å². The van der Waals surface area contributed by atoms with Gasteiger partial charge in [-0.25, -0.2) is 0 Å². The third-order valence-electron chi connectivity index (χ3n) is 3.81. The van der Waals surface area contributed by atoms with Crippen molar-refractivity contribution in [1.29, 1.82) is 0 Å². The van der Waals surface area contributed by atoms with Crippen LogP contribution < -0.4 is 0 Å². The average molecular weight is 199 g/mol. The number of hydrogen-bond donors (Lipinski definition) is 0. The van der Waals surface area contributed by atoms with E-state index in [0.29, 0.717) is 6.04 Å². The molecule has 1 nitrogen and oxygen atoms in total. The zero-order valence-corrected chi connectivity index (χ0v) is 9.19. The Morgan fingerprint density at radius 2 is 2.00 bits per heavy atom. The third-order valence-corrected chi connectivity index (χ3v) is 3.81. The minimum Gasteiger partial charge on any atom is -0.299 e. The second-order valence-corrected chi connectivity index (χ2v) is 4.71. The summed E-state index contributed by atoms with van der Waals surface area (Å²) in [4.78, 5) is 2.51. The van der Waals surface area contributed by atoms with E-state index >= 15 is 0 Å². The molecule has 1 aromatic rings. The zero-order valence-electron chi connectivity index (χ0n) is 9.19. The van der Waals surface area contributed by atoms with Crippen molar-refractivity contribution in [3.63, 3.8) is 0 Å². The van der Waals surface area contributed by atoms with Gasteiger partial charge in [0.15, 0.2) is 0 Å². The summed E-state index contributed by atoms with van der Waals surface area (Å²) in [6.07, 6.45) is 4.97. The molecule has 2 atom stereocenters. The average Bonchev–Trinajstić information content (AvgIpc) is 2.22. The highest BCUT2D eigenvalue weighted by atomic mass is 15.1. The molecule has 1 fully saturated rings. The lowest BCUT2D eigenvalue weighted by atomic mass is 9.68. The topological polar surface area (TPSA) is 3.24 Å². The lowest BCUT2D eigenvalue weighted by Gasteiger charge is -2.48. The highest BCUT2D eigenvalue weighted by Crippen LogP contribution is 2.45. The smallest absolute Gasteiger partial charge is 0.0376 e. The van der Waals surface area contributed by atoms with Crippen molar-refractivity contribution in [3.05, 3.63) is 47.5 Å². The summed E-state index contributed by atoms with van der Waals surface area (Å²) in [6, 6.07) is 11.6. The first-order valence-electron chi connectivity index (χ1n) is 5.80. The molecule has 15 heavy (non-hydrogen) atoms. The molecule has 1 heteroatoms. The molecule has 1 aliphatic heterocycles. The van der Waals surface area contributed by atoms with E-state index in [2.05, 4.69) is 48.4 Å². The van der Waals surface area contributed by atoms with Crippen LogP contribution in [0.1, 0.15) is 24.3 Å². The van der Waals surface area contributed by atoms with E-state index in [9.17, 15) is 0 Å². The molecule has 0 spiro atoms. The molecule has 0 N–H and O–H groups in total. The van der Waals surface area contributed by atoms with Crippen LogP contribution in [-0.2, 0) is 0 Å². The Morgan fingerprint density at radius 3 is 2.73 bits per heavy atom. The molecule has 3 rings (SSSR count). The summed E-state index contributed by atoms with van der Waals surface area (Å²) >= 11 is 0. The van der Waals surface area contributed by atoms with Crippen LogP contribution in [0.15, 0.2) is 42.0 Å². The summed E-state index contributed by atoms with van der Waals surface area (Å²) in [5, 5.41) is 0. The Balaban J connectivity index is 1.87. The van der Waals surface area contributed by atoms with Crippen LogP contribution in [0.5, 0.6) is 0 Å². The molecule has 0 aromatic heterocycles. The van der Waals surface area contributed by atoms with Gasteiger partial charge in [0.2, 0.25) is 0 Å². The predicted molar refractivity (Wildman–Crippen MR) is 62.9 cm³/mol. The van der Waals surface area contributed by atoms with E-state index in [4.69, 9.17) is 0 Å². The second kappa shape index (κ2) is 3.49. The van der Waals surface area contributed by atoms with Crippen LogP contribution in [0.2, 0.25) is 0 Å². The van der Waals surface area contributed by atoms with Gasteiger partial charge in [-0.2, -0.15) is 0 Å². The Hall–Kier alpha value is -1.08. The lowest BCUT2D eigenvalue weighted by Crippen LogP contribution is -2.48. The van der Waals surface area contributed by atoms with Gasteiger partial charge in [0, 0.05) is 18.5 Å². The molecule has 0 radical (unpaired) electrons. The van der Waals surface area contributed by atoms with Crippen molar-refractivity contribution in [2.45, 2.75) is 24.8 Å². The summed E-state index contributed by atoms with van der Waals surface area (Å²) in [7, 11) is 2.26.